The summed E-state index contributed by atoms with van der Waals surface area (Å²) in [5.74, 6) is 1.77. The van der Waals surface area contributed by atoms with Crippen molar-refractivity contribution < 1.29 is 0 Å². The van der Waals surface area contributed by atoms with E-state index < -0.39 is 0 Å². The topological polar surface area (TPSA) is 37.8 Å². The van der Waals surface area contributed by atoms with Crippen molar-refractivity contribution in [1.29, 1.82) is 0 Å². The van der Waals surface area contributed by atoms with E-state index in [9.17, 15) is 0 Å². The van der Waals surface area contributed by atoms with Gasteiger partial charge in [-0.1, -0.05) is 26.7 Å². The number of anilines is 1. The predicted molar refractivity (Wildman–Crippen MR) is 86.3 cm³/mol. The lowest BCUT2D eigenvalue weighted by Gasteiger charge is -2.31. The van der Waals surface area contributed by atoms with Crippen molar-refractivity contribution in [3.63, 3.8) is 0 Å². The summed E-state index contributed by atoms with van der Waals surface area (Å²) >= 11 is 1.68. The van der Waals surface area contributed by atoms with Gasteiger partial charge in [-0.25, -0.2) is 9.97 Å². The van der Waals surface area contributed by atoms with Crippen LogP contribution in [0.25, 0.3) is 10.2 Å². The zero-order chi connectivity index (χ0) is 14.0. The van der Waals surface area contributed by atoms with Gasteiger partial charge in [0.15, 0.2) is 0 Å². The van der Waals surface area contributed by atoms with Crippen LogP contribution in [0.1, 0.15) is 46.0 Å². The van der Waals surface area contributed by atoms with Gasteiger partial charge in [-0.3, -0.25) is 0 Å². The molecule has 0 radical (unpaired) electrons. The number of nitrogens with zero attached hydrogens (tertiary/aromatic N) is 2. The molecule has 3 rings (SSSR count). The van der Waals surface area contributed by atoms with Crippen LogP contribution in [0.2, 0.25) is 0 Å². The van der Waals surface area contributed by atoms with Crippen LogP contribution in [0, 0.1) is 11.3 Å². The third kappa shape index (κ3) is 2.80. The summed E-state index contributed by atoms with van der Waals surface area (Å²) in [6.45, 7) is 5.72. The third-order valence-corrected chi connectivity index (χ3v) is 5.22. The highest BCUT2D eigenvalue weighted by atomic mass is 32.1. The van der Waals surface area contributed by atoms with Crippen LogP contribution in [0.4, 0.5) is 5.82 Å². The van der Waals surface area contributed by atoms with Gasteiger partial charge >= 0.3 is 0 Å². The normalized spacial score (nSPS) is 17.9. The van der Waals surface area contributed by atoms with Gasteiger partial charge < -0.3 is 5.32 Å². The molecule has 3 nitrogen and oxygen atoms in total. The van der Waals surface area contributed by atoms with Crippen molar-refractivity contribution in [3.8, 4) is 0 Å². The number of aromatic nitrogens is 2. The Hall–Kier alpha value is -1.16. The molecule has 1 fully saturated rings. The second kappa shape index (κ2) is 5.68. The van der Waals surface area contributed by atoms with Crippen molar-refractivity contribution in [1.82, 2.24) is 9.97 Å². The molecule has 0 aromatic carbocycles. The van der Waals surface area contributed by atoms with Crippen LogP contribution in [-0.4, -0.2) is 16.5 Å². The smallest absolute Gasteiger partial charge is 0.138 e. The van der Waals surface area contributed by atoms with E-state index in [1.807, 2.05) is 0 Å². The highest BCUT2D eigenvalue weighted by Crippen LogP contribution is 2.43. The molecule has 0 spiro atoms. The van der Waals surface area contributed by atoms with Crippen molar-refractivity contribution in [2.45, 2.75) is 46.0 Å². The van der Waals surface area contributed by atoms with Gasteiger partial charge in [-0.05, 0) is 42.0 Å². The number of rotatable bonds is 5. The van der Waals surface area contributed by atoms with E-state index in [2.05, 4.69) is 40.6 Å². The molecule has 2 aromatic rings. The average molecular weight is 289 g/mol. The molecular formula is C16H23N3S. The van der Waals surface area contributed by atoms with Crippen molar-refractivity contribution in [2.24, 2.45) is 11.3 Å². The van der Waals surface area contributed by atoms with E-state index in [1.54, 1.807) is 17.7 Å². The molecule has 2 heterocycles. The molecule has 1 saturated carbocycles. The lowest BCUT2D eigenvalue weighted by Crippen LogP contribution is -2.28. The van der Waals surface area contributed by atoms with E-state index in [-0.39, 0.29) is 0 Å². The zero-order valence-corrected chi connectivity index (χ0v) is 13.2. The van der Waals surface area contributed by atoms with Crippen LogP contribution < -0.4 is 5.32 Å². The number of fused-ring (bicyclic) bond motifs is 1. The van der Waals surface area contributed by atoms with E-state index >= 15 is 0 Å². The Morgan fingerprint density at radius 1 is 1.30 bits per heavy atom. The van der Waals surface area contributed by atoms with E-state index in [0.717, 1.165) is 28.5 Å². The maximum absolute atomic E-state index is 4.43. The Kier molecular flexibility index (Phi) is 3.92. The van der Waals surface area contributed by atoms with Gasteiger partial charge in [0, 0.05) is 6.54 Å². The molecule has 1 N–H and O–H groups in total. The Balaban J connectivity index is 1.75. The van der Waals surface area contributed by atoms with Gasteiger partial charge in [0.2, 0.25) is 0 Å². The summed E-state index contributed by atoms with van der Waals surface area (Å²) in [7, 11) is 0. The summed E-state index contributed by atoms with van der Waals surface area (Å²) < 4.78 is 0. The molecule has 4 heteroatoms. The van der Waals surface area contributed by atoms with E-state index in [0.29, 0.717) is 5.41 Å². The molecule has 108 valence electrons. The molecular weight excluding hydrogens is 266 g/mol. The first-order valence-corrected chi connectivity index (χ1v) is 8.49. The standard InChI is InChI=1S/C16H23N3S/c1-12(2)9-16(6-3-4-7-16)10-17-14-13-5-8-20-15(13)19-11-18-14/h5,8,11-12H,3-4,6-7,9-10H2,1-2H3,(H,17,18,19). The zero-order valence-electron chi connectivity index (χ0n) is 12.4. The van der Waals surface area contributed by atoms with Crippen molar-refractivity contribution in [2.75, 3.05) is 11.9 Å². The average Bonchev–Trinajstić information content (AvgIpc) is 3.05. The highest BCUT2D eigenvalue weighted by Gasteiger charge is 2.34. The first-order valence-electron chi connectivity index (χ1n) is 7.61. The molecule has 0 bridgehead atoms. The van der Waals surface area contributed by atoms with Crippen molar-refractivity contribution in [3.05, 3.63) is 17.8 Å². The minimum absolute atomic E-state index is 0.474. The Bertz CT molecular complexity index is 570. The first kappa shape index (κ1) is 13.8. The first-order chi connectivity index (χ1) is 9.69. The predicted octanol–water partition coefficient (Wildman–Crippen LogP) is 4.71. The number of thiophene rings is 1. The van der Waals surface area contributed by atoms with Crippen LogP contribution in [0.3, 0.4) is 0 Å². The van der Waals surface area contributed by atoms with Crippen LogP contribution >= 0.6 is 11.3 Å². The summed E-state index contributed by atoms with van der Waals surface area (Å²) in [5.41, 5.74) is 0.474. The summed E-state index contributed by atoms with van der Waals surface area (Å²) in [5, 5.41) is 6.87. The monoisotopic (exact) mass is 289 g/mol. The fraction of sp³-hybridized carbons (Fsp3) is 0.625. The maximum Gasteiger partial charge on any atom is 0.138 e. The fourth-order valence-electron chi connectivity index (χ4n) is 3.65. The van der Waals surface area contributed by atoms with Crippen LogP contribution in [-0.2, 0) is 0 Å². The minimum atomic E-state index is 0.474. The fourth-order valence-corrected chi connectivity index (χ4v) is 4.38. The van der Waals surface area contributed by atoms with Gasteiger partial charge in [-0.2, -0.15) is 0 Å². The molecule has 0 saturated heterocycles. The minimum Gasteiger partial charge on any atom is -0.369 e. The third-order valence-electron chi connectivity index (χ3n) is 4.40. The lowest BCUT2D eigenvalue weighted by atomic mass is 9.78. The lowest BCUT2D eigenvalue weighted by molar-refractivity contribution is 0.252. The van der Waals surface area contributed by atoms with Crippen molar-refractivity contribution >= 4 is 27.4 Å². The quantitative estimate of drug-likeness (QED) is 0.866. The second-order valence-electron chi connectivity index (χ2n) is 6.52. The molecule has 0 unspecified atom stereocenters. The largest absolute Gasteiger partial charge is 0.369 e. The highest BCUT2D eigenvalue weighted by molar-refractivity contribution is 7.16. The SMILES string of the molecule is CC(C)CC1(CNc2ncnc3sccc23)CCCC1. The van der Waals surface area contributed by atoms with Crippen LogP contribution in [0.15, 0.2) is 17.8 Å². The second-order valence-corrected chi connectivity index (χ2v) is 7.41. The Morgan fingerprint density at radius 2 is 2.10 bits per heavy atom. The molecule has 1 aliphatic rings. The molecule has 20 heavy (non-hydrogen) atoms. The van der Waals surface area contributed by atoms with E-state index in [4.69, 9.17) is 0 Å². The number of nitrogens with one attached hydrogen (secondary N) is 1. The van der Waals surface area contributed by atoms with Crippen LogP contribution in [0.5, 0.6) is 0 Å². The Morgan fingerprint density at radius 3 is 2.85 bits per heavy atom. The molecule has 2 aromatic heterocycles. The number of hydrogen-bond acceptors (Lipinski definition) is 4. The van der Waals surface area contributed by atoms with Gasteiger partial charge in [0.25, 0.3) is 0 Å². The summed E-state index contributed by atoms with van der Waals surface area (Å²) in [4.78, 5) is 9.83. The van der Waals surface area contributed by atoms with E-state index in [1.165, 1.54) is 32.1 Å². The summed E-state index contributed by atoms with van der Waals surface area (Å²) in [6, 6.07) is 2.12. The summed E-state index contributed by atoms with van der Waals surface area (Å²) in [6.07, 6.45) is 8.47. The molecule has 1 aliphatic carbocycles. The van der Waals surface area contributed by atoms with Gasteiger partial charge in [-0.15, -0.1) is 11.3 Å². The number of hydrogen-bond donors (Lipinski definition) is 1. The molecule has 0 amide bonds. The molecule has 0 aliphatic heterocycles. The molecule has 0 atom stereocenters. The maximum atomic E-state index is 4.43. The Labute approximate surface area is 124 Å². The van der Waals surface area contributed by atoms with Gasteiger partial charge in [0.1, 0.15) is 17.0 Å². The van der Waals surface area contributed by atoms with Gasteiger partial charge in [0.05, 0.1) is 5.39 Å².